The molecular weight excluding hydrogens is 334 g/mol. The van der Waals surface area contributed by atoms with Gasteiger partial charge in [0.15, 0.2) is 0 Å². The van der Waals surface area contributed by atoms with E-state index in [9.17, 15) is 5.11 Å². The van der Waals surface area contributed by atoms with Crippen molar-refractivity contribution in [2.45, 2.75) is 19.3 Å². The highest BCUT2D eigenvalue weighted by Crippen LogP contribution is 2.45. The fourth-order valence-corrected chi connectivity index (χ4v) is 3.93. The Morgan fingerprint density at radius 2 is 1.67 bits per heavy atom. The van der Waals surface area contributed by atoms with Crippen molar-refractivity contribution in [1.29, 1.82) is 0 Å². The fraction of sp³-hybridized carbons (Fsp3) is 0.167. The summed E-state index contributed by atoms with van der Waals surface area (Å²) in [5.74, 6) is 1.10. The summed E-state index contributed by atoms with van der Waals surface area (Å²) < 4.78 is 5.33. The molecule has 1 atom stereocenters. The van der Waals surface area contributed by atoms with Crippen LogP contribution in [0.15, 0.2) is 72.9 Å². The monoisotopic (exact) mass is 357 g/mol. The topological polar surface area (TPSA) is 45.2 Å². The van der Waals surface area contributed by atoms with Crippen molar-refractivity contribution in [1.82, 2.24) is 4.98 Å². The molecule has 0 unspecified atom stereocenters. The van der Waals surface area contributed by atoms with Crippen molar-refractivity contribution in [3.63, 3.8) is 0 Å². The van der Waals surface area contributed by atoms with Gasteiger partial charge in [0.25, 0.3) is 0 Å². The number of nitrogens with one attached hydrogen (secondary N) is 1. The number of aromatic amines is 1. The van der Waals surface area contributed by atoms with Crippen LogP contribution in [0.1, 0.15) is 29.2 Å². The maximum absolute atomic E-state index is 10.7. The molecule has 27 heavy (non-hydrogen) atoms. The lowest BCUT2D eigenvalue weighted by Crippen LogP contribution is -2.25. The van der Waals surface area contributed by atoms with Crippen LogP contribution in [-0.4, -0.2) is 17.2 Å². The number of H-pyrrole nitrogens is 1. The van der Waals surface area contributed by atoms with Crippen molar-refractivity contribution >= 4 is 10.9 Å². The third kappa shape index (κ3) is 2.76. The minimum atomic E-state index is -0.524. The van der Waals surface area contributed by atoms with Crippen molar-refractivity contribution in [2.75, 3.05) is 7.11 Å². The number of para-hydroxylation sites is 1. The van der Waals surface area contributed by atoms with Gasteiger partial charge in [-0.15, -0.1) is 0 Å². The third-order valence-electron chi connectivity index (χ3n) is 5.49. The van der Waals surface area contributed by atoms with E-state index in [2.05, 4.69) is 55.4 Å². The van der Waals surface area contributed by atoms with Crippen LogP contribution in [0.5, 0.6) is 11.5 Å². The Hall–Kier alpha value is -3.20. The Morgan fingerprint density at radius 1 is 0.926 bits per heavy atom. The van der Waals surface area contributed by atoms with E-state index in [0.717, 1.165) is 33.3 Å². The number of hydrogen-bond donors (Lipinski definition) is 2. The second-order valence-electron chi connectivity index (χ2n) is 7.12. The summed E-state index contributed by atoms with van der Waals surface area (Å²) in [6.07, 6.45) is 2.06. The average Bonchev–Trinajstić information content (AvgIpc) is 3.11. The number of methoxy groups -OCH3 is 1. The zero-order valence-electron chi connectivity index (χ0n) is 15.8. The highest BCUT2D eigenvalue weighted by molar-refractivity contribution is 5.86. The van der Waals surface area contributed by atoms with E-state index >= 15 is 0 Å². The number of rotatable bonds is 4. The van der Waals surface area contributed by atoms with Gasteiger partial charge in [0.05, 0.1) is 7.11 Å². The first-order valence-electron chi connectivity index (χ1n) is 9.05. The van der Waals surface area contributed by atoms with E-state index in [0.29, 0.717) is 0 Å². The number of phenolic OH excluding ortho intramolecular Hbond substituents is 1. The second-order valence-corrected chi connectivity index (χ2v) is 7.12. The molecule has 0 saturated heterocycles. The summed E-state index contributed by atoms with van der Waals surface area (Å²) in [5.41, 5.74) is 4.87. The SMILES string of the molecule is COc1ccc([C@](C)(c2ccccc2O)c2c[nH]c3ccc(C)cc23)cc1. The molecule has 4 rings (SSSR count). The molecule has 0 bridgehead atoms. The zero-order valence-corrected chi connectivity index (χ0v) is 15.8. The van der Waals surface area contributed by atoms with E-state index in [1.807, 2.05) is 30.3 Å². The van der Waals surface area contributed by atoms with Gasteiger partial charge in [-0.25, -0.2) is 0 Å². The van der Waals surface area contributed by atoms with E-state index < -0.39 is 5.41 Å². The van der Waals surface area contributed by atoms with Crippen LogP contribution in [0.2, 0.25) is 0 Å². The summed E-state index contributed by atoms with van der Waals surface area (Å²) >= 11 is 0. The lowest BCUT2D eigenvalue weighted by Gasteiger charge is -2.32. The van der Waals surface area contributed by atoms with Crippen LogP contribution in [0.4, 0.5) is 0 Å². The average molecular weight is 357 g/mol. The molecule has 0 aliphatic rings. The molecule has 0 aliphatic heterocycles. The van der Waals surface area contributed by atoms with E-state index in [4.69, 9.17) is 4.74 Å². The highest BCUT2D eigenvalue weighted by atomic mass is 16.5. The lowest BCUT2D eigenvalue weighted by atomic mass is 9.70. The van der Waals surface area contributed by atoms with Crippen LogP contribution in [0.3, 0.4) is 0 Å². The molecule has 0 fully saturated rings. The molecule has 3 aromatic carbocycles. The highest BCUT2D eigenvalue weighted by Gasteiger charge is 2.35. The first-order valence-corrected chi connectivity index (χ1v) is 9.05. The van der Waals surface area contributed by atoms with Gasteiger partial charge in [-0.2, -0.15) is 0 Å². The van der Waals surface area contributed by atoms with Gasteiger partial charge < -0.3 is 14.8 Å². The molecule has 0 spiro atoms. The molecule has 2 N–H and O–H groups in total. The minimum Gasteiger partial charge on any atom is -0.508 e. The molecule has 0 aliphatic carbocycles. The number of benzene rings is 3. The fourth-order valence-electron chi connectivity index (χ4n) is 3.93. The van der Waals surface area contributed by atoms with Gasteiger partial charge in [0.1, 0.15) is 11.5 Å². The molecule has 1 aromatic heterocycles. The van der Waals surface area contributed by atoms with Crippen LogP contribution >= 0.6 is 0 Å². The molecule has 136 valence electrons. The molecule has 3 heteroatoms. The van der Waals surface area contributed by atoms with E-state index in [-0.39, 0.29) is 5.75 Å². The standard InChI is InChI=1S/C24H23NO2/c1-16-8-13-22-19(14-16)21(15-25-22)24(2,20-6-4-5-7-23(20)26)17-9-11-18(27-3)12-10-17/h4-15,25-26H,1-3H3/t24-/m1/s1. The quantitative estimate of drug-likeness (QED) is 0.503. The summed E-state index contributed by atoms with van der Waals surface area (Å²) in [5, 5.41) is 11.9. The smallest absolute Gasteiger partial charge is 0.120 e. The predicted molar refractivity (Wildman–Crippen MR) is 110 cm³/mol. The number of hydrogen-bond acceptors (Lipinski definition) is 2. The number of aromatic nitrogens is 1. The first kappa shape index (κ1) is 17.2. The molecule has 1 heterocycles. The van der Waals surface area contributed by atoms with Crippen molar-refractivity contribution in [3.05, 3.63) is 95.2 Å². The molecule has 3 nitrogen and oxygen atoms in total. The number of aromatic hydroxyl groups is 1. The Morgan fingerprint density at radius 3 is 2.37 bits per heavy atom. The number of fused-ring (bicyclic) bond motifs is 1. The second kappa shape index (κ2) is 6.51. The van der Waals surface area contributed by atoms with E-state index in [1.54, 1.807) is 13.2 Å². The van der Waals surface area contributed by atoms with Crippen LogP contribution in [0.25, 0.3) is 10.9 Å². The third-order valence-corrected chi connectivity index (χ3v) is 5.49. The van der Waals surface area contributed by atoms with Crippen molar-refractivity contribution in [2.24, 2.45) is 0 Å². The number of ether oxygens (including phenoxy) is 1. The summed E-state index contributed by atoms with van der Waals surface area (Å²) in [4.78, 5) is 3.40. The Labute approximate surface area is 159 Å². The molecule has 0 amide bonds. The van der Waals surface area contributed by atoms with Gasteiger partial charge in [0, 0.05) is 28.1 Å². The Kier molecular flexibility index (Phi) is 4.15. The lowest BCUT2D eigenvalue weighted by molar-refractivity contribution is 0.414. The Bertz CT molecular complexity index is 1100. The largest absolute Gasteiger partial charge is 0.508 e. The van der Waals surface area contributed by atoms with Crippen LogP contribution in [0, 0.1) is 6.92 Å². The first-order chi connectivity index (χ1) is 13.0. The molecular formula is C24H23NO2. The number of aryl methyl sites for hydroxylation is 1. The molecule has 0 saturated carbocycles. The minimum absolute atomic E-state index is 0.290. The van der Waals surface area contributed by atoms with E-state index in [1.165, 1.54) is 5.56 Å². The van der Waals surface area contributed by atoms with Gasteiger partial charge in [-0.3, -0.25) is 0 Å². The maximum Gasteiger partial charge on any atom is 0.120 e. The maximum atomic E-state index is 10.7. The van der Waals surface area contributed by atoms with Crippen LogP contribution in [-0.2, 0) is 5.41 Å². The van der Waals surface area contributed by atoms with Crippen molar-refractivity contribution in [3.8, 4) is 11.5 Å². The molecule has 0 radical (unpaired) electrons. The van der Waals surface area contributed by atoms with Gasteiger partial charge >= 0.3 is 0 Å². The van der Waals surface area contributed by atoms with Crippen LogP contribution < -0.4 is 4.74 Å². The zero-order chi connectivity index (χ0) is 19.0. The van der Waals surface area contributed by atoms with Gasteiger partial charge in [0.2, 0.25) is 0 Å². The summed E-state index contributed by atoms with van der Waals surface area (Å²) in [6, 6.07) is 22.0. The van der Waals surface area contributed by atoms with Gasteiger partial charge in [-0.1, -0.05) is 42.0 Å². The van der Waals surface area contributed by atoms with Gasteiger partial charge in [-0.05, 0) is 55.3 Å². The predicted octanol–water partition coefficient (Wildman–Crippen LogP) is 5.54. The normalized spacial score (nSPS) is 13.4. The molecule has 4 aromatic rings. The number of phenols is 1. The summed E-state index contributed by atoms with van der Waals surface area (Å²) in [7, 11) is 1.67. The Balaban J connectivity index is 2.03. The van der Waals surface area contributed by atoms with Crippen molar-refractivity contribution < 1.29 is 9.84 Å². The summed E-state index contributed by atoms with van der Waals surface area (Å²) in [6.45, 7) is 4.26.